The van der Waals surface area contributed by atoms with Crippen molar-refractivity contribution in [2.45, 2.75) is 36.1 Å². The van der Waals surface area contributed by atoms with Gasteiger partial charge in [0.05, 0.1) is 0 Å². The first-order chi connectivity index (χ1) is 9.26. The normalized spacial score (nSPS) is 13.4. The highest BCUT2D eigenvalue weighted by molar-refractivity contribution is 7.99. The molecule has 98 valence electrons. The second-order valence-corrected chi connectivity index (χ2v) is 5.77. The number of hydrogen-bond donors (Lipinski definition) is 2. The highest BCUT2D eigenvalue weighted by Crippen LogP contribution is 2.32. The summed E-state index contributed by atoms with van der Waals surface area (Å²) in [6.07, 6.45) is 5.48. The molecule has 4 nitrogen and oxygen atoms in total. The first-order valence-corrected chi connectivity index (χ1v) is 7.18. The van der Waals surface area contributed by atoms with E-state index in [9.17, 15) is 0 Å². The second-order valence-electron chi connectivity index (χ2n) is 4.71. The second kappa shape index (κ2) is 5.19. The van der Waals surface area contributed by atoms with Crippen molar-refractivity contribution in [1.82, 2.24) is 9.97 Å². The molecular weight excluding hydrogens is 256 g/mol. The third-order valence-corrected chi connectivity index (χ3v) is 4.44. The smallest absolute Gasteiger partial charge is 0.238 e. The summed E-state index contributed by atoms with van der Waals surface area (Å²) in [7, 11) is 0. The average Bonchev–Trinajstić information content (AvgIpc) is 2.89. The van der Waals surface area contributed by atoms with Gasteiger partial charge in [0.1, 0.15) is 5.03 Å². The quantitative estimate of drug-likeness (QED) is 0.511. The lowest BCUT2D eigenvalue weighted by Crippen LogP contribution is -2.10. The molecule has 3 N–H and O–H groups in total. The molecule has 1 aromatic heterocycles. The Morgan fingerprint density at radius 3 is 2.95 bits per heavy atom. The van der Waals surface area contributed by atoms with E-state index in [0.29, 0.717) is 5.95 Å². The Balaban J connectivity index is 1.88. The molecule has 5 heteroatoms. The maximum absolute atomic E-state index is 5.35. The van der Waals surface area contributed by atoms with E-state index < -0.39 is 0 Å². The van der Waals surface area contributed by atoms with Gasteiger partial charge in [-0.25, -0.2) is 15.8 Å². The summed E-state index contributed by atoms with van der Waals surface area (Å²) in [6.45, 7) is 2.01. The van der Waals surface area contributed by atoms with E-state index in [1.165, 1.54) is 35.3 Å². The van der Waals surface area contributed by atoms with Crippen LogP contribution in [0.4, 0.5) is 5.95 Å². The Kier molecular flexibility index (Phi) is 3.40. The molecule has 0 radical (unpaired) electrons. The number of rotatable bonds is 3. The molecule has 2 aromatic rings. The zero-order valence-corrected chi connectivity index (χ0v) is 11.6. The highest BCUT2D eigenvalue weighted by Gasteiger charge is 2.12. The molecule has 0 fully saturated rings. The van der Waals surface area contributed by atoms with E-state index >= 15 is 0 Å². The predicted octanol–water partition coefficient (Wildman–Crippen LogP) is 2.71. The summed E-state index contributed by atoms with van der Waals surface area (Å²) >= 11 is 1.66. The largest absolute Gasteiger partial charge is 0.292 e. The number of nitrogens with one attached hydrogen (secondary N) is 1. The van der Waals surface area contributed by atoms with Gasteiger partial charge < -0.3 is 0 Å². The zero-order valence-electron chi connectivity index (χ0n) is 10.8. The van der Waals surface area contributed by atoms with Crippen LogP contribution in [0, 0.1) is 6.92 Å². The van der Waals surface area contributed by atoms with Gasteiger partial charge >= 0.3 is 0 Å². The first-order valence-electron chi connectivity index (χ1n) is 6.36. The lowest BCUT2D eigenvalue weighted by Gasteiger charge is -2.07. The minimum Gasteiger partial charge on any atom is -0.292 e. The van der Waals surface area contributed by atoms with E-state index in [0.717, 1.165) is 10.6 Å². The van der Waals surface area contributed by atoms with Crippen LogP contribution >= 0.6 is 11.8 Å². The summed E-state index contributed by atoms with van der Waals surface area (Å²) in [4.78, 5) is 9.72. The van der Waals surface area contributed by atoms with Crippen molar-refractivity contribution in [3.05, 3.63) is 41.1 Å². The lowest BCUT2D eigenvalue weighted by molar-refractivity contribution is 0.911. The molecule has 0 spiro atoms. The van der Waals surface area contributed by atoms with Gasteiger partial charge in [-0.05, 0) is 49.4 Å². The fourth-order valence-corrected chi connectivity index (χ4v) is 3.23. The summed E-state index contributed by atoms with van der Waals surface area (Å²) in [5.41, 5.74) is 6.52. The van der Waals surface area contributed by atoms with Gasteiger partial charge in [-0.1, -0.05) is 17.8 Å². The molecule has 0 amide bonds. The van der Waals surface area contributed by atoms with E-state index in [2.05, 4.69) is 33.6 Å². The van der Waals surface area contributed by atoms with Gasteiger partial charge in [0, 0.05) is 16.7 Å². The number of aromatic nitrogens is 2. The van der Waals surface area contributed by atoms with E-state index in [4.69, 9.17) is 5.84 Å². The highest BCUT2D eigenvalue weighted by atomic mass is 32.2. The summed E-state index contributed by atoms with van der Waals surface area (Å²) in [5, 5.41) is 0.945. The summed E-state index contributed by atoms with van der Waals surface area (Å²) < 4.78 is 0. The van der Waals surface area contributed by atoms with Crippen molar-refractivity contribution in [2.24, 2.45) is 5.84 Å². The van der Waals surface area contributed by atoms with Gasteiger partial charge in [0.2, 0.25) is 5.95 Å². The average molecular weight is 272 g/mol. The van der Waals surface area contributed by atoms with Gasteiger partial charge in [-0.2, -0.15) is 0 Å². The van der Waals surface area contributed by atoms with Crippen LogP contribution in [0.1, 0.15) is 23.1 Å². The van der Waals surface area contributed by atoms with E-state index in [-0.39, 0.29) is 0 Å². The number of fused-ring (bicyclic) bond motifs is 1. The number of nitrogen functional groups attached to an aromatic ring is 1. The van der Waals surface area contributed by atoms with Crippen molar-refractivity contribution >= 4 is 17.7 Å². The van der Waals surface area contributed by atoms with Gasteiger partial charge in [-0.15, -0.1) is 0 Å². The molecule has 1 aliphatic rings. The summed E-state index contributed by atoms with van der Waals surface area (Å²) in [6, 6.07) is 6.69. The Hall–Kier alpha value is -1.59. The minimum atomic E-state index is 0.453. The molecule has 0 unspecified atom stereocenters. The minimum absolute atomic E-state index is 0.453. The molecule has 0 atom stereocenters. The van der Waals surface area contributed by atoms with Crippen molar-refractivity contribution < 1.29 is 0 Å². The maximum atomic E-state index is 5.35. The number of hydrazine groups is 1. The third-order valence-electron chi connectivity index (χ3n) is 3.34. The molecule has 3 rings (SSSR count). The molecule has 1 heterocycles. The molecule has 0 saturated carbocycles. The monoisotopic (exact) mass is 272 g/mol. The predicted molar refractivity (Wildman–Crippen MR) is 77.2 cm³/mol. The lowest BCUT2D eigenvalue weighted by atomic mass is 10.1. The Bertz CT molecular complexity index is 612. The van der Waals surface area contributed by atoms with Crippen LogP contribution in [0.15, 0.2) is 34.3 Å². The van der Waals surface area contributed by atoms with Crippen LogP contribution < -0.4 is 11.3 Å². The van der Waals surface area contributed by atoms with Crippen LogP contribution in [-0.4, -0.2) is 9.97 Å². The third kappa shape index (κ3) is 2.57. The summed E-state index contributed by atoms with van der Waals surface area (Å²) in [5.74, 6) is 5.80. The SMILES string of the molecule is Cc1cnc(NN)nc1Sc1ccc2c(c1)CCC2. The van der Waals surface area contributed by atoms with Crippen molar-refractivity contribution in [1.29, 1.82) is 0 Å². The molecule has 0 aliphatic heterocycles. The molecule has 0 bridgehead atoms. The molecule has 1 aromatic carbocycles. The molecular formula is C14H16N4S. The number of nitrogens with zero attached hydrogens (tertiary/aromatic N) is 2. The van der Waals surface area contributed by atoms with Crippen LogP contribution in [0.2, 0.25) is 0 Å². The number of nitrogens with two attached hydrogens (primary N) is 1. The van der Waals surface area contributed by atoms with Gasteiger partial charge in [0.15, 0.2) is 0 Å². The number of aryl methyl sites for hydroxylation is 3. The van der Waals surface area contributed by atoms with Crippen LogP contribution in [-0.2, 0) is 12.8 Å². The zero-order chi connectivity index (χ0) is 13.2. The Morgan fingerprint density at radius 2 is 2.11 bits per heavy atom. The molecule has 0 saturated heterocycles. The first kappa shape index (κ1) is 12.4. The van der Waals surface area contributed by atoms with Crippen molar-refractivity contribution in [3.63, 3.8) is 0 Å². The Labute approximate surface area is 116 Å². The number of benzene rings is 1. The molecule has 19 heavy (non-hydrogen) atoms. The Morgan fingerprint density at radius 1 is 1.26 bits per heavy atom. The van der Waals surface area contributed by atoms with Crippen LogP contribution in [0.25, 0.3) is 0 Å². The topological polar surface area (TPSA) is 63.8 Å². The fraction of sp³-hybridized carbons (Fsp3) is 0.286. The van der Waals surface area contributed by atoms with Crippen molar-refractivity contribution in [3.8, 4) is 0 Å². The van der Waals surface area contributed by atoms with Crippen LogP contribution in [0.5, 0.6) is 0 Å². The fourth-order valence-electron chi connectivity index (χ4n) is 2.32. The van der Waals surface area contributed by atoms with E-state index in [1.807, 2.05) is 6.92 Å². The van der Waals surface area contributed by atoms with Gasteiger partial charge in [0.25, 0.3) is 0 Å². The number of anilines is 1. The van der Waals surface area contributed by atoms with Crippen LogP contribution in [0.3, 0.4) is 0 Å². The van der Waals surface area contributed by atoms with E-state index in [1.54, 1.807) is 18.0 Å². The number of hydrogen-bond acceptors (Lipinski definition) is 5. The van der Waals surface area contributed by atoms with Gasteiger partial charge in [-0.3, -0.25) is 5.43 Å². The molecule has 1 aliphatic carbocycles. The van der Waals surface area contributed by atoms with Crippen molar-refractivity contribution in [2.75, 3.05) is 5.43 Å². The maximum Gasteiger partial charge on any atom is 0.238 e. The standard InChI is InChI=1S/C14H16N4S/c1-9-8-16-14(18-15)17-13(9)19-12-6-5-10-3-2-4-11(10)7-12/h5-8H,2-4,15H2,1H3,(H,16,17,18).